The predicted octanol–water partition coefficient (Wildman–Crippen LogP) is 1.70. The van der Waals surface area contributed by atoms with Gasteiger partial charge in [-0.3, -0.25) is 4.79 Å². The van der Waals surface area contributed by atoms with E-state index in [9.17, 15) is 9.18 Å². The maximum atomic E-state index is 13.3. The van der Waals surface area contributed by atoms with Crippen molar-refractivity contribution in [3.63, 3.8) is 0 Å². The molecule has 1 amide bonds. The fourth-order valence-electron chi connectivity index (χ4n) is 2.33. The summed E-state index contributed by atoms with van der Waals surface area (Å²) in [4.78, 5) is 12.1. The topological polar surface area (TPSA) is 50.4 Å². The Morgan fingerprint density at radius 3 is 3.00 bits per heavy atom. The molecule has 2 rings (SSSR count). The number of halogens is 1. The highest BCUT2D eigenvalue weighted by atomic mass is 19.1. The fraction of sp³-hybridized carbons (Fsp3) is 0.500. The molecule has 0 saturated carbocycles. The molecule has 0 spiro atoms. The van der Waals surface area contributed by atoms with Crippen LogP contribution in [0.1, 0.15) is 30.1 Å². The van der Waals surface area contributed by atoms with Crippen LogP contribution in [-0.2, 0) is 0 Å². The molecule has 1 aliphatic rings. The molecule has 19 heavy (non-hydrogen) atoms. The van der Waals surface area contributed by atoms with Gasteiger partial charge in [-0.05, 0) is 44.5 Å². The summed E-state index contributed by atoms with van der Waals surface area (Å²) in [5.41, 5.74) is 0.421. The first-order valence-corrected chi connectivity index (χ1v) is 6.48. The van der Waals surface area contributed by atoms with E-state index in [0.717, 1.165) is 19.4 Å². The molecule has 1 aromatic rings. The Morgan fingerprint density at radius 2 is 2.32 bits per heavy atom. The number of ether oxygens (including phenoxy) is 1. The summed E-state index contributed by atoms with van der Waals surface area (Å²) in [7, 11) is 1.38. The molecule has 1 fully saturated rings. The normalized spacial score (nSPS) is 22.9. The minimum atomic E-state index is -0.463. The molecular formula is C14H19FN2O2. The van der Waals surface area contributed by atoms with Crippen molar-refractivity contribution in [2.45, 2.75) is 31.8 Å². The summed E-state index contributed by atoms with van der Waals surface area (Å²) in [6.07, 6.45) is 1.82. The first-order valence-electron chi connectivity index (χ1n) is 6.48. The van der Waals surface area contributed by atoms with E-state index in [0.29, 0.717) is 11.6 Å². The Hall–Kier alpha value is -1.62. The molecule has 104 valence electrons. The number of piperidine rings is 1. The largest absolute Gasteiger partial charge is 0.494 e. The lowest BCUT2D eigenvalue weighted by atomic mass is 10.0. The van der Waals surface area contributed by atoms with Crippen molar-refractivity contribution in [1.82, 2.24) is 10.6 Å². The Morgan fingerprint density at radius 1 is 1.53 bits per heavy atom. The van der Waals surface area contributed by atoms with Crippen LogP contribution in [0, 0.1) is 5.82 Å². The molecule has 2 atom stereocenters. The quantitative estimate of drug-likeness (QED) is 0.875. The summed E-state index contributed by atoms with van der Waals surface area (Å²) < 4.78 is 18.2. The minimum Gasteiger partial charge on any atom is -0.494 e. The average molecular weight is 266 g/mol. The fourth-order valence-corrected chi connectivity index (χ4v) is 2.33. The lowest BCUT2D eigenvalue weighted by Crippen LogP contribution is -2.46. The Kier molecular flexibility index (Phi) is 4.37. The van der Waals surface area contributed by atoms with Crippen LogP contribution >= 0.6 is 0 Å². The summed E-state index contributed by atoms with van der Waals surface area (Å²) in [6, 6.07) is 4.72. The van der Waals surface area contributed by atoms with Crippen molar-refractivity contribution in [2.24, 2.45) is 0 Å². The van der Waals surface area contributed by atoms with Crippen LogP contribution in [0.2, 0.25) is 0 Å². The first-order chi connectivity index (χ1) is 9.10. The highest BCUT2D eigenvalue weighted by Crippen LogP contribution is 2.18. The van der Waals surface area contributed by atoms with Crippen LogP contribution in [0.3, 0.4) is 0 Å². The first kappa shape index (κ1) is 13.8. The molecule has 1 aliphatic heterocycles. The van der Waals surface area contributed by atoms with Crippen LogP contribution in [0.25, 0.3) is 0 Å². The van der Waals surface area contributed by atoms with Crippen molar-refractivity contribution >= 4 is 5.91 Å². The van der Waals surface area contributed by atoms with Gasteiger partial charge in [-0.2, -0.15) is 0 Å². The second-order valence-corrected chi connectivity index (χ2v) is 4.90. The molecule has 1 aromatic carbocycles. The number of methoxy groups -OCH3 is 1. The van der Waals surface area contributed by atoms with E-state index in [2.05, 4.69) is 17.6 Å². The van der Waals surface area contributed by atoms with E-state index < -0.39 is 5.82 Å². The smallest absolute Gasteiger partial charge is 0.251 e. The predicted molar refractivity (Wildman–Crippen MR) is 70.9 cm³/mol. The third kappa shape index (κ3) is 3.44. The maximum Gasteiger partial charge on any atom is 0.251 e. The number of benzene rings is 1. The van der Waals surface area contributed by atoms with Crippen molar-refractivity contribution in [1.29, 1.82) is 0 Å². The number of nitrogens with one attached hydrogen (secondary N) is 2. The van der Waals surface area contributed by atoms with Gasteiger partial charge in [-0.15, -0.1) is 0 Å². The zero-order valence-electron chi connectivity index (χ0n) is 11.2. The van der Waals surface area contributed by atoms with Crippen LogP contribution in [0.15, 0.2) is 18.2 Å². The van der Waals surface area contributed by atoms with Crippen LogP contribution < -0.4 is 15.4 Å². The Bertz CT molecular complexity index is 465. The summed E-state index contributed by atoms with van der Waals surface area (Å²) in [5.74, 6) is -0.557. The Labute approximate surface area is 112 Å². The zero-order valence-corrected chi connectivity index (χ0v) is 11.2. The van der Waals surface area contributed by atoms with Crippen LogP contribution in [-0.4, -0.2) is 31.6 Å². The van der Waals surface area contributed by atoms with Gasteiger partial charge in [0.1, 0.15) is 0 Å². The van der Waals surface area contributed by atoms with Gasteiger partial charge in [0, 0.05) is 17.6 Å². The molecule has 0 aliphatic carbocycles. The lowest BCUT2D eigenvalue weighted by Gasteiger charge is -2.28. The third-order valence-electron chi connectivity index (χ3n) is 3.37. The molecule has 0 radical (unpaired) electrons. The van der Waals surface area contributed by atoms with Gasteiger partial charge in [-0.25, -0.2) is 4.39 Å². The van der Waals surface area contributed by atoms with Crippen molar-refractivity contribution in [3.8, 4) is 5.75 Å². The molecule has 2 N–H and O–H groups in total. The van der Waals surface area contributed by atoms with Gasteiger partial charge < -0.3 is 15.4 Å². The summed E-state index contributed by atoms with van der Waals surface area (Å²) in [5, 5.41) is 6.31. The molecule has 0 aromatic heterocycles. The highest BCUT2D eigenvalue weighted by molar-refractivity contribution is 5.94. The van der Waals surface area contributed by atoms with Crippen molar-refractivity contribution < 1.29 is 13.9 Å². The van der Waals surface area contributed by atoms with Gasteiger partial charge in [-0.1, -0.05) is 0 Å². The molecule has 0 bridgehead atoms. The minimum absolute atomic E-state index is 0.0892. The molecule has 1 saturated heterocycles. The van der Waals surface area contributed by atoms with E-state index in [-0.39, 0.29) is 17.7 Å². The monoisotopic (exact) mass is 266 g/mol. The number of hydrogen-bond donors (Lipinski definition) is 2. The van der Waals surface area contributed by atoms with Gasteiger partial charge in [0.25, 0.3) is 5.91 Å². The van der Waals surface area contributed by atoms with Crippen LogP contribution in [0.4, 0.5) is 4.39 Å². The summed E-state index contributed by atoms with van der Waals surface area (Å²) in [6.45, 7) is 3.00. The zero-order chi connectivity index (χ0) is 13.8. The lowest BCUT2D eigenvalue weighted by molar-refractivity contribution is 0.0925. The molecule has 1 heterocycles. The number of carbonyl (C=O) groups is 1. The number of carbonyl (C=O) groups excluding carboxylic acids is 1. The van der Waals surface area contributed by atoms with Gasteiger partial charge in [0.2, 0.25) is 0 Å². The molecule has 4 nitrogen and oxygen atoms in total. The van der Waals surface area contributed by atoms with E-state index in [1.807, 2.05) is 0 Å². The standard InChI is InChI=1S/C14H19FN2O2/c1-9-7-11(5-6-16-9)17-14(18)10-3-4-12(15)13(8-10)19-2/h3-4,8-9,11,16H,5-7H2,1-2H3,(H,17,18). The maximum absolute atomic E-state index is 13.3. The van der Waals surface area contributed by atoms with Gasteiger partial charge in [0.15, 0.2) is 11.6 Å². The number of amides is 1. The van der Waals surface area contributed by atoms with Gasteiger partial charge >= 0.3 is 0 Å². The average Bonchev–Trinajstić information content (AvgIpc) is 2.39. The second-order valence-electron chi connectivity index (χ2n) is 4.90. The number of rotatable bonds is 3. The van der Waals surface area contributed by atoms with Gasteiger partial charge in [0.05, 0.1) is 7.11 Å². The summed E-state index contributed by atoms with van der Waals surface area (Å²) >= 11 is 0. The molecule has 5 heteroatoms. The van der Waals surface area contributed by atoms with E-state index in [1.54, 1.807) is 0 Å². The van der Waals surface area contributed by atoms with Crippen molar-refractivity contribution in [3.05, 3.63) is 29.6 Å². The molecule has 2 unspecified atom stereocenters. The van der Waals surface area contributed by atoms with Crippen LogP contribution in [0.5, 0.6) is 5.75 Å². The van der Waals surface area contributed by atoms with E-state index >= 15 is 0 Å². The Balaban J connectivity index is 2.03. The second kappa shape index (κ2) is 6.02. The number of hydrogen-bond acceptors (Lipinski definition) is 3. The van der Waals surface area contributed by atoms with E-state index in [4.69, 9.17) is 4.74 Å². The molecular weight excluding hydrogens is 247 g/mol. The van der Waals surface area contributed by atoms with E-state index in [1.165, 1.54) is 25.3 Å². The third-order valence-corrected chi connectivity index (χ3v) is 3.37. The SMILES string of the molecule is COc1cc(C(=O)NC2CCNC(C)C2)ccc1F. The highest BCUT2D eigenvalue weighted by Gasteiger charge is 2.20. The van der Waals surface area contributed by atoms with Crippen molar-refractivity contribution in [2.75, 3.05) is 13.7 Å².